The van der Waals surface area contributed by atoms with Gasteiger partial charge in [0.25, 0.3) is 0 Å². The molecule has 2 saturated heterocycles. The van der Waals surface area contributed by atoms with Gasteiger partial charge in [-0.25, -0.2) is 0 Å². The molecule has 2 fully saturated rings. The van der Waals surface area contributed by atoms with Crippen molar-refractivity contribution in [2.75, 3.05) is 19.8 Å². The predicted molar refractivity (Wildman–Crippen MR) is 208 cm³/mol. The van der Waals surface area contributed by atoms with E-state index in [1.807, 2.05) is 6.08 Å². The Balaban J connectivity index is 1.66. The maximum Gasteiger partial charge on any atom is 0.220 e. The largest absolute Gasteiger partial charge is 0.394 e. The van der Waals surface area contributed by atoms with E-state index in [1.54, 1.807) is 13.0 Å². The molecule has 1 amide bonds. The van der Waals surface area contributed by atoms with E-state index in [2.05, 4.69) is 12.2 Å². The van der Waals surface area contributed by atoms with E-state index < -0.39 is 86.8 Å². The molecule has 0 aromatic rings. The Morgan fingerprint density at radius 2 is 1.11 bits per heavy atom. The Bertz CT molecular complexity index is 988. The van der Waals surface area contributed by atoms with Gasteiger partial charge in [0.2, 0.25) is 5.91 Å². The van der Waals surface area contributed by atoms with Crippen LogP contribution in [0.15, 0.2) is 12.2 Å². The van der Waals surface area contributed by atoms with Gasteiger partial charge in [0.1, 0.15) is 48.8 Å². The monoisotopic (exact) mass is 792 g/mol. The zero-order valence-electron chi connectivity index (χ0n) is 33.7. The molecular weight excluding hydrogens is 714 g/mol. The molecule has 0 bridgehead atoms. The first-order valence-corrected chi connectivity index (χ1v) is 21.4. The lowest BCUT2D eigenvalue weighted by Crippen LogP contribution is -2.65. The third-order valence-corrected chi connectivity index (χ3v) is 10.8. The summed E-state index contributed by atoms with van der Waals surface area (Å²) in [7, 11) is 0. The van der Waals surface area contributed by atoms with Gasteiger partial charge in [-0.1, -0.05) is 142 Å². The summed E-state index contributed by atoms with van der Waals surface area (Å²) in [5.41, 5.74) is 0. The van der Waals surface area contributed by atoms with Crippen molar-refractivity contribution in [3.05, 3.63) is 12.2 Å². The molecule has 12 unspecified atom stereocenters. The van der Waals surface area contributed by atoms with Crippen molar-refractivity contribution in [3.8, 4) is 0 Å². The summed E-state index contributed by atoms with van der Waals surface area (Å²) in [6, 6.07) is -0.905. The number of allylic oxidation sites excluding steroid dienone is 1. The Morgan fingerprint density at radius 1 is 0.636 bits per heavy atom. The van der Waals surface area contributed by atoms with Crippen LogP contribution in [0.1, 0.15) is 149 Å². The Hall–Kier alpha value is -1.27. The molecule has 2 rings (SSSR count). The van der Waals surface area contributed by atoms with Crippen molar-refractivity contribution in [1.82, 2.24) is 5.32 Å². The molecule has 0 aliphatic carbocycles. The van der Waals surface area contributed by atoms with Crippen molar-refractivity contribution in [1.29, 1.82) is 0 Å². The van der Waals surface area contributed by atoms with Gasteiger partial charge < -0.3 is 65.1 Å². The molecule has 12 atom stereocenters. The first-order valence-electron chi connectivity index (χ1n) is 21.4. The summed E-state index contributed by atoms with van der Waals surface area (Å²) >= 11 is 0. The first kappa shape index (κ1) is 49.9. The summed E-state index contributed by atoms with van der Waals surface area (Å²) in [6.07, 6.45) is 12.5. The fraction of sp³-hybridized carbons (Fsp3) is 0.927. The van der Waals surface area contributed by atoms with E-state index in [-0.39, 0.29) is 18.9 Å². The molecule has 2 aliphatic rings. The van der Waals surface area contributed by atoms with E-state index in [1.165, 1.54) is 109 Å². The Morgan fingerprint density at radius 3 is 1.60 bits per heavy atom. The molecule has 2 aliphatic heterocycles. The van der Waals surface area contributed by atoms with Crippen LogP contribution in [0.2, 0.25) is 0 Å². The minimum absolute atomic E-state index is 0.164. The molecule has 0 spiro atoms. The van der Waals surface area contributed by atoms with E-state index in [0.717, 1.165) is 19.3 Å². The second-order valence-corrected chi connectivity index (χ2v) is 15.4. The number of ether oxygens (including phenoxy) is 4. The molecule has 14 heteroatoms. The summed E-state index contributed by atoms with van der Waals surface area (Å²) in [5.74, 6) is -0.328. The molecule has 324 valence electrons. The van der Waals surface area contributed by atoms with E-state index in [4.69, 9.17) is 18.9 Å². The van der Waals surface area contributed by atoms with Gasteiger partial charge in [-0.15, -0.1) is 0 Å². The van der Waals surface area contributed by atoms with Gasteiger partial charge in [-0.2, -0.15) is 0 Å². The van der Waals surface area contributed by atoms with Crippen LogP contribution in [0, 0.1) is 0 Å². The number of carbonyl (C=O) groups is 1. The number of amides is 1. The van der Waals surface area contributed by atoms with Gasteiger partial charge >= 0.3 is 0 Å². The van der Waals surface area contributed by atoms with Crippen molar-refractivity contribution < 1.29 is 64.6 Å². The Kier molecular flexibility index (Phi) is 27.1. The lowest BCUT2D eigenvalue weighted by atomic mass is 9.97. The number of rotatable bonds is 31. The second kappa shape index (κ2) is 29.9. The highest BCUT2D eigenvalue weighted by Crippen LogP contribution is 2.30. The zero-order chi connectivity index (χ0) is 40.4. The lowest BCUT2D eigenvalue weighted by molar-refractivity contribution is -0.359. The number of hydrogen-bond acceptors (Lipinski definition) is 13. The highest BCUT2D eigenvalue weighted by Gasteiger charge is 2.50. The van der Waals surface area contributed by atoms with E-state index in [0.29, 0.717) is 0 Å². The molecule has 0 aromatic heterocycles. The highest BCUT2D eigenvalue weighted by atomic mass is 16.7. The van der Waals surface area contributed by atoms with E-state index in [9.17, 15) is 45.6 Å². The van der Waals surface area contributed by atoms with Crippen molar-refractivity contribution in [2.45, 2.75) is 222 Å². The van der Waals surface area contributed by atoms with Crippen LogP contribution < -0.4 is 5.32 Å². The molecule has 2 heterocycles. The minimum atomic E-state index is -1.78. The average Bonchev–Trinajstić information content (AvgIpc) is 3.19. The first-order chi connectivity index (χ1) is 26.6. The van der Waals surface area contributed by atoms with Crippen LogP contribution in [0.4, 0.5) is 0 Å². The number of aliphatic hydroxyl groups excluding tert-OH is 8. The molecule has 14 nitrogen and oxygen atoms in total. The van der Waals surface area contributed by atoms with Gasteiger partial charge in [0.05, 0.1) is 32.0 Å². The summed E-state index contributed by atoms with van der Waals surface area (Å²) < 4.78 is 22.3. The lowest BCUT2D eigenvalue weighted by Gasteiger charge is -2.46. The fourth-order valence-electron chi connectivity index (χ4n) is 7.14. The fourth-order valence-corrected chi connectivity index (χ4v) is 7.14. The average molecular weight is 792 g/mol. The minimum Gasteiger partial charge on any atom is -0.394 e. The van der Waals surface area contributed by atoms with Crippen molar-refractivity contribution in [3.63, 3.8) is 0 Å². The van der Waals surface area contributed by atoms with Crippen LogP contribution in [0.3, 0.4) is 0 Å². The topological polar surface area (TPSA) is 228 Å². The third kappa shape index (κ3) is 18.9. The SMILES string of the molecule is CCCCCCCCCCCCCCCCCCCCC/C=C/C(O)C(COC1OC(CO)C(OC2OC(CO)C(O)C(O)C2O)C(O)C1O)NC(=O)CC. The molecule has 0 saturated carbocycles. The quantitative estimate of drug-likeness (QED) is 0.0364. The van der Waals surface area contributed by atoms with Crippen molar-refractivity contribution in [2.24, 2.45) is 0 Å². The Labute approximate surface area is 329 Å². The number of unbranched alkanes of at least 4 members (excludes halogenated alkanes) is 19. The zero-order valence-corrected chi connectivity index (χ0v) is 33.7. The van der Waals surface area contributed by atoms with Crippen LogP contribution in [-0.2, 0) is 23.7 Å². The standard InChI is InChI=1S/C41H77NO13/c1-3-5-6-7-8-9-10-11-12-13-14-15-16-17-18-19-20-21-22-23-24-25-30(45)29(42-33(46)4-2)28-52-40-38(51)36(49)39(32(27-44)54-40)55-41-37(50)35(48)34(47)31(26-43)53-41/h24-25,29-32,34-41,43-45,47-51H,3-23,26-28H2,1-2H3,(H,42,46)/b25-24+. The van der Waals surface area contributed by atoms with Gasteiger partial charge in [0, 0.05) is 6.42 Å². The number of aliphatic hydroxyl groups is 8. The molecule has 0 radical (unpaired) electrons. The van der Waals surface area contributed by atoms with Gasteiger partial charge in [-0.3, -0.25) is 4.79 Å². The second-order valence-electron chi connectivity index (χ2n) is 15.4. The third-order valence-electron chi connectivity index (χ3n) is 10.8. The van der Waals surface area contributed by atoms with Gasteiger partial charge in [0.15, 0.2) is 12.6 Å². The number of carbonyl (C=O) groups excluding carboxylic acids is 1. The van der Waals surface area contributed by atoms with Crippen LogP contribution >= 0.6 is 0 Å². The number of hydrogen-bond donors (Lipinski definition) is 9. The maximum absolute atomic E-state index is 12.3. The molecule has 55 heavy (non-hydrogen) atoms. The summed E-state index contributed by atoms with van der Waals surface area (Å²) in [5, 5.41) is 85.2. The molecule has 9 N–H and O–H groups in total. The smallest absolute Gasteiger partial charge is 0.220 e. The number of nitrogens with one attached hydrogen (secondary N) is 1. The highest BCUT2D eigenvalue weighted by molar-refractivity contribution is 5.75. The van der Waals surface area contributed by atoms with Crippen LogP contribution in [0.25, 0.3) is 0 Å². The van der Waals surface area contributed by atoms with Gasteiger partial charge in [-0.05, 0) is 12.8 Å². The molecular formula is C41H77NO13. The van der Waals surface area contributed by atoms with Crippen LogP contribution in [0.5, 0.6) is 0 Å². The van der Waals surface area contributed by atoms with Crippen molar-refractivity contribution >= 4 is 5.91 Å². The van der Waals surface area contributed by atoms with Crippen LogP contribution in [-0.4, -0.2) is 140 Å². The van der Waals surface area contributed by atoms with E-state index >= 15 is 0 Å². The molecule has 0 aromatic carbocycles. The normalized spacial score (nSPS) is 29.8. The maximum atomic E-state index is 12.3. The predicted octanol–water partition coefficient (Wildman–Crippen LogP) is 3.26. The summed E-state index contributed by atoms with van der Waals surface area (Å²) in [6.45, 7) is 2.21. The summed E-state index contributed by atoms with van der Waals surface area (Å²) in [4.78, 5) is 12.3.